The number of benzene rings is 1. The van der Waals surface area contributed by atoms with Crippen LogP contribution in [0.1, 0.15) is 24.0 Å². The van der Waals surface area contributed by atoms with E-state index in [-0.39, 0.29) is 22.5 Å². The predicted molar refractivity (Wildman–Crippen MR) is 84.3 cm³/mol. The molecule has 0 amide bonds. The average molecular weight is 331 g/mol. The van der Waals surface area contributed by atoms with Gasteiger partial charge < -0.3 is 10.1 Å². The number of hydrogen-bond acceptors (Lipinski definition) is 5. The van der Waals surface area contributed by atoms with E-state index in [9.17, 15) is 18.8 Å². The topological polar surface area (TPSA) is 104 Å². The van der Waals surface area contributed by atoms with Gasteiger partial charge in [-0.15, -0.1) is 0 Å². The molecule has 3 rings (SSSR count). The lowest BCUT2D eigenvalue weighted by Gasteiger charge is -2.28. The van der Waals surface area contributed by atoms with Gasteiger partial charge in [-0.3, -0.25) is 14.8 Å². The number of hydrogen-bond donors (Lipinski definition) is 3. The lowest BCUT2D eigenvalue weighted by atomic mass is 9.82. The summed E-state index contributed by atoms with van der Waals surface area (Å²) in [6.07, 6.45) is 0. The molecule has 0 fully saturated rings. The maximum absolute atomic E-state index is 14.4. The minimum absolute atomic E-state index is 0.0469. The number of ether oxygens (including phenoxy) is 1. The van der Waals surface area contributed by atoms with E-state index in [4.69, 9.17) is 4.74 Å². The molecule has 1 aliphatic heterocycles. The van der Waals surface area contributed by atoms with Crippen LogP contribution in [0.25, 0.3) is 0 Å². The van der Waals surface area contributed by atoms with Gasteiger partial charge in [0, 0.05) is 11.3 Å². The molecule has 1 atom stereocenters. The SMILES string of the molecule is COC(=O)C1=C(C)Nc2[nH]c(=O)[nH]c(=O)c2[C@H]1c1ccccc1F. The van der Waals surface area contributed by atoms with Crippen molar-refractivity contribution in [3.05, 3.63) is 73.3 Å². The molecule has 0 radical (unpaired) electrons. The molecular formula is C16H14FN3O4. The number of rotatable bonds is 2. The number of H-pyrrole nitrogens is 2. The van der Waals surface area contributed by atoms with Gasteiger partial charge in [0.25, 0.3) is 5.56 Å². The van der Waals surface area contributed by atoms with E-state index in [1.165, 1.54) is 25.3 Å². The van der Waals surface area contributed by atoms with Gasteiger partial charge in [0.1, 0.15) is 11.6 Å². The molecule has 0 spiro atoms. The first-order chi connectivity index (χ1) is 11.4. The molecule has 2 heterocycles. The quantitative estimate of drug-likeness (QED) is 0.718. The van der Waals surface area contributed by atoms with Crippen molar-refractivity contribution in [1.82, 2.24) is 9.97 Å². The molecule has 1 aromatic carbocycles. The smallest absolute Gasteiger partial charge is 0.336 e. The largest absolute Gasteiger partial charge is 0.466 e. The minimum atomic E-state index is -1.00. The van der Waals surface area contributed by atoms with E-state index in [1.807, 2.05) is 0 Å². The number of esters is 1. The fourth-order valence-corrected chi connectivity index (χ4v) is 2.89. The minimum Gasteiger partial charge on any atom is -0.466 e. The molecule has 8 heteroatoms. The summed E-state index contributed by atoms with van der Waals surface area (Å²) in [5, 5.41) is 2.81. The van der Waals surface area contributed by atoms with Crippen LogP contribution in [-0.2, 0) is 9.53 Å². The molecule has 0 bridgehead atoms. The number of aromatic nitrogens is 2. The van der Waals surface area contributed by atoms with Crippen molar-refractivity contribution < 1.29 is 13.9 Å². The molecule has 0 saturated heterocycles. The maximum atomic E-state index is 14.4. The summed E-state index contributed by atoms with van der Waals surface area (Å²) in [4.78, 5) is 40.7. The second-order valence-electron chi connectivity index (χ2n) is 5.31. The zero-order valence-corrected chi connectivity index (χ0v) is 12.9. The Bertz CT molecular complexity index is 974. The zero-order valence-electron chi connectivity index (χ0n) is 12.9. The third-order valence-electron chi connectivity index (χ3n) is 3.89. The molecule has 7 nitrogen and oxygen atoms in total. The Hall–Kier alpha value is -3.16. The van der Waals surface area contributed by atoms with Crippen molar-refractivity contribution in [1.29, 1.82) is 0 Å². The molecule has 124 valence electrons. The van der Waals surface area contributed by atoms with Crippen LogP contribution in [0.5, 0.6) is 0 Å². The first-order valence-electron chi connectivity index (χ1n) is 7.11. The van der Waals surface area contributed by atoms with Gasteiger partial charge in [0.05, 0.1) is 24.2 Å². The fraction of sp³-hybridized carbons (Fsp3) is 0.188. The standard InChI is InChI=1S/C16H14FN3O4/c1-7-10(15(22)24-2)11(8-5-3-4-6-9(8)17)12-13(18-7)19-16(23)20-14(12)21/h3-6,11H,1-2H3,(H3,18,19,20,21,23)/t11-/m0/s1. The number of carbonyl (C=O) groups is 1. The van der Waals surface area contributed by atoms with Crippen molar-refractivity contribution in [3.63, 3.8) is 0 Å². The Morgan fingerprint density at radius 2 is 1.92 bits per heavy atom. The summed E-state index contributed by atoms with van der Waals surface area (Å²) in [6.45, 7) is 1.59. The van der Waals surface area contributed by atoms with E-state index in [2.05, 4.69) is 15.3 Å². The van der Waals surface area contributed by atoms with Crippen LogP contribution >= 0.6 is 0 Å². The molecule has 0 unspecified atom stereocenters. The lowest BCUT2D eigenvalue weighted by Crippen LogP contribution is -2.35. The second-order valence-corrected chi connectivity index (χ2v) is 5.31. The van der Waals surface area contributed by atoms with Gasteiger partial charge >= 0.3 is 11.7 Å². The molecule has 2 aromatic rings. The number of anilines is 1. The van der Waals surface area contributed by atoms with E-state index in [1.54, 1.807) is 13.0 Å². The molecule has 0 saturated carbocycles. The highest BCUT2D eigenvalue weighted by Crippen LogP contribution is 2.39. The Morgan fingerprint density at radius 1 is 1.21 bits per heavy atom. The van der Waals surface area contributed by atoms with E-state index < -0.39 is 29.0 Å². The van der Waals surface area contributed by atoms with Gasteiger partial charge in [-0.05, 0) is 13.0 Å². The highest BCUT2D eigenvalue weighted by Gasteiger charge is 2.36. The van der Waals surface area contributed by atoms with Crippen LogP contribution < -0.4 is 16.6 Å². The number of aromatic amines is 2. The third kappa shape index (κ3) is 2.41. The van der Waals surface area contributed by atoms with E-state index >= 15 is 0 Å². The van der Waals surface area contributed by atoms with Crippen molar-refractivity contribution in [2.45, 2.75) is 12.8 Å². The van der Waals surface area contributed by atoms with Crippen molar-refractivity contribution >= 4 is 11.8 Å². The Morgan fingerprint density at radius 3 is 2.58 bits per heavy atom. The van der Waals surface area contributed by atoms with Gasteiger partial charge in [-0.1, -0.05) is 18.2 Å². The van der Waals surface area contributed by atoms with Gasteiger partial charge in [0.2, 0.25) is 0 Å². The van der Waals surface area contributed by atoms with Crippen LogP contribution in [0.3, 0.4) is 0 Å². The summed E-state index contributed by atoms with van der Waals surface area (Å²) in [6, 6.07) is 5.83. The molecular weight excluding hydrogens is 317 g/mol. The van der Waals surface area contributed by atoms with Crippen LogP contribution in [0, 0.1) is 5.82 Å². The van der Waals surface area contributed by atoms with Crippen LogP contribution in [0.15, 0.2) is 45.1 Å². The Labute approximate surface area is 135 Å². The third-order valence-corrected chi connectivity index (χ3v) is 3.89. The predicted octanol–water partition coefficient (Wildman–Crippen LogP) is 1.21. The number of fused-ring (bicyclic) bond motifs is 1. The number of nitrogens with one attached hydrogen (secondary N) is 3. The molecule has 1 aromatic heterocycles. The molecule has 0 aliphatic carbocycles. The maximum Gasteiger partial charge on any atom is 0.336 e. The normalized spacial score (nSPS) is 16.4. The number of halogens is 1. The molecule has 24 heavy (non-hydrogen) atoms. The first-order valence-corrected chi connectivity index (χ1v) is 7.11. The summed E-state index contributed by atoms with van der Waals surface area (Å²) in [5.74, 6) is -2.14. The summed E-state index contributed by atoms with van der Waals surface area (Å²) in [7, 11) is 1.20. The second kappa shape index (κ2) is 5.80. The average Bonchev–Trinajstić information content (AvgIpc) is 2.53. The molecule has 3 N–H and O–H groups in total. The van der Waals surface area contributed by atoms with Crippen molar-refractivity contribution in [2.75, 3.05) is 12.4 Å². The van der Waals surface area contributed by atoms with E-state index in [0.29, 0.717) is 5.70 Å². The molecule has 1 aliphatic rings. The lowest BCUT2D eigenvalue weighted by molar-refractivity contribution is -0.136. The van der Waals surface area contributed by atoms with E-state index in [0.717, 1.165) is 0 Å². The highest BCUT2D eigenvalue weighted by atomic mass is 19.1. The Balaban J connectivity index is 2.37. The van der Waals surface area contributed by atoms with Crippen LogP contribution in [-0.4, -0.2) is 23.0 Å². The number of allylic oxidation sites excluding steroid dienone is 1. The number of carbonyl (C=O) groups excluding carboxylic acids is 1. The zero-order chi connectivity index (χ0) is 17.4. The monoisotopic (exact) mass is 331 g/mol. The number of methoxy groups -OCH3 is 1. The van der Waals surface area contributed by atoms with Gasteiger partial charge in [-0.25, -0.2) is 14.0 Å². The van der Waals surface area contributed by atoms with Crippen molar-refractivity contribution in [3.8, 4) is 0 Å². The summed E-state index contributed by atoms with van der Waals surface area (Å²) < 4.78 is 19.2. The fourth-order valence-electron chi connectivity index (χ4n) is 2.89. The van der Waals surface area contributed by atoms with Crippen LogP contribution in [0.4, 0.5) is 10.2 Å². The van der Waals surface area contributed by atoms with Gasteiger partial charge in [-0.2, -0.15) is 0 Å². The first kappa shape index (κ1) is 15.7. The van der Waals surface area contributed by atoms with Crippen LogP contribution in [0.2, 0.25) is 0 Å². The Kier molecular flexibility index (Phi) is 3.80. The summed E-state index contributed by atoms with van der Waals surface area (Å²) >= 11 is 0. The summed E-state index contributed by atoms with van der Waals surface area (Å²) in [5.41, 5.74) is -0.754. The van der Waals surface area contributed by atoms with Gasteiger partial charge in [0.15, 0.2) is 0 Å². The van der Waals surface area contributed by atoms with Crippen molar-refractivity contribution in [2.24, 2.45) is 0 Å². The highest BCUT2D eigenvalue weighted by molar-refractivity contribution is 5.94.